The van der Waals surface area contributed by atoms with Crippen molar-refractivity contribution in [1.82, 2.24) is 24.8 Å². The highest BCUT2D eigenvalue weighted by Crippen LogP contribution is 2.23. The minimum atomic E-state index is -0.349. The number of unbranched alkanes of at least 4 members (excludes halogenated alkanes) is 2. The Kier molecular flexibility index (Phi) is 27.7. The number of nitrogens with zero attached hydrogens (tertiary/aromatic N) is 5. The van der Waals surface area contributed by atoms with Crippen molar-refractivity contribution in [2.45, 2.75) is 52.4 Å². The van der Waals surface area contributed by atoms with Crippen molar-refractivity contribution in [3.05, 3.63) is 119 Å². The molecule has 0 aliphatic carbocycles. The zero-order chi connectivity index (χ0) is 47.1. The number of halogens is 9. The molecule has 0 saturated heterocycles. The fourth-order valence-corrected chi connectivity index (χ4v) is 5.49. The summed E-state index contributed by atoms with van der Waals surface area (Å²) >= 11 is 0. The number of rotatable bonds is 15. The van der Waals surface area contributed by atoms with Crippen LogP contribution in [0.15, 0.2) is 85.2 Å². The molecular formula is C44H47F9N10O2. The maximum atomic E-state index is 13.4. The number of anilines is 6. The predicted molar refractivity (Wildman–Crippen MR) is 233 cm³/mol. The van der Waals surface area contributed by atoms with Crippen LogP contribution < -0.4 is 27.0 Å². The molecule has 0 radical (unpaired) electrons. The van der Waals surface area contributed by atoms with E-state index in [1.807, 2.05) is 6.92 Å². The molecule has 2 aromatic heterocycles. The highest BCUT2D eigenvalue weighted by atomic mass is 20.0. The predicted octanol–water partition coefficient (Wildman–Crippen LogP) is 10.6. The molecule has 6 N–H and O–H groups in total. The van der Waals surface area contributed by atoms with E-state index < -0.39 is 0 Å². The fraction of sp³-hybridized carbons (Fsp3) is 0.273. The molecule has 0 bridgehead atoms. The molecule has 0 fully saturated rings. The average molecular weight is 919 g/mol. The molecule has 1 aliphatic heterocycles. The highest BCUT2D eigenvalue weighted by molar-refractivity contribution is 6.21. The number of amides is 2. The Hall–Kier alpha value is -7.39. The van der Waals surface area contributed by atoms with Crippen molar-refractivity contribution in [3.8, 4) is 23.7 Å². The summed E-state index contributed by atoms with van der Waals surface area (Å²) in [6, 6.07) is 19.1. The molecule has 5 aromatic rings. The second-order valence-corrected chi connectivity index (χ2v) is 12.9. The van der Waals surface area contributed by atoms with Crippen LogP contribution in [0.2, 0.25) is 0 Å². The van der Waals surface area contributed by atoms with Gasteiger partial charge >= 0.3 is 0 Å². The molecular weight excluding hydrogens is 872 g/mol. The van der Waals surface area contributed by atoms with Gasteiger partial charge in [0.1, 0.15) is 23.3 Å². The number of hydrogen-bond acceptors (Lipinski definition) is 11. The molecule has 3 aromatic carbocycles. The summed E-state index contributed by atoms with van der Waals surface area (Å²) < 4.78 is 74.7. The molecule has 348 valence electrons. The molecule has 3 heterocycles. The van der Waals surface area contributed by atoms with Crippen LogP contribution in [-0.4, -0.2) is 62.8 Å². The number of nitrogens with two attached hydrogens (primary N) is 1. The van der Waals surface area contributed by atoms with E-state index in [1.165, 1.54) is 29.2 Å². The summed E-state index contributed by atoms with van der Waals surface area (Å²) in [6.45, 7) is 6.56. The molecule has 6 rings (SSSR count). The maximum absolute atomic E-state index is 13.4. The van der Waals surface area contributed by atoms with Gasteiger partial charge in [0.25, 0.3) is 11.8 Å². The SMILES string of the molecule is CCCNc1nc(Nc2cccc(F)c2)ncc1C#CCCCN.CCCNc1nc(Nc2cccc(F)c2)ncc1C#CCCCN1C(=O)c2ccccc2C1=O.F.FF.FF.FF. The maximum Gasteiger partial charge on any atom is 0.261 e. The summed E-state index contributed by atoms with van der Waals surface area (Å²) in [5.41, 5.74) is 8.90. The van der Waals surface area contributed by atoms with Crippen molar-refractivity contribution < 1.29 is 50.5 Å². The van der Waals surface area contributed by atoms with Gasteiger partial charge in [-0.2, -0.15) is 9.97 Å². The summed E-state index contributed by atoms with van der Waals surface area (Å²) in [5.74, 6) is 13.1. The number of nitrogens with one attached hydrogen (secondary N) is 4. The highest BCUT2D eigenvalue weighted by Gasteiger charge is 2.34. The number of benzene rings is 3. The lowest BCUT2D eigenvalue weighted by Crippen LogP contribution is -2.30. The molecule has 0 saturated carbocycles. The molecule has 12 nitrogen and oxygen atoms in total. The smallest absolute Gasteiger partial charge is 0.261 e. The summed E-state index contributed by atoms with van der Waals surface area (Å²) in [4.78, 5) is 43.6. The molecule has 0 atom stereocenters. The van der Waals surface area contributed by atoms with Crippen molar-refractivity contribution >= 4 is 46.7 Å². The van der Waals surface area contributed by atoms with E-state index in [0.717, 1.165) is 37.8 Å². The van der Waals surface area contributed by atoms with E-state index in [9.17, 15) is 18.4 Å². The van der Waals surface area contributed by atoms with E-state index in [0.29, 0.717) is 84.1 Å². The minimum absolute atomic E-state index is 0. The molecule has 1 aliphatic rings. The van der Waals surface area contributed by atoms with Crippen LogP contribution in [0, 0.1) is 35.3 Å². The Morgan fingerprint density at radius 2 is 1.06 bits per heavy atom. The number of carbonyl (C=O) groups is 2. The van der Waals surface area contributed by atoms with Crippen LogP contribution in [0.1, 0.15) is 84.2 Å². The Labute approximate surface area is 369 Å². The number of hydrogen-bond donors (Lipinski definition) is 5. The summed E-state index contributed by atoms with van der Waals surface area (Å²) in [5, 5.41) is 12.5. The van der Waals surface area contributed by atoms with Crippen LogP contribution in [-0.2, 0) is 0 Å². The molecule has 21 heteroatoms. The Morgan fingerprint density at radius 3 is 1.46 bits per heavy atom. The Balaban J connectivity index is 0.000000602. The lowest BCUT2D eigenvalue weighted by atomic mass is 10.1. The largest absolute Gasteiger partial charge is 0.369 e. The van der Waals surface area contributed by atoms with Crippen LogP contribution >= 0.6 is 0 Å². The van der Waals surface area contributed by atoms with Gasteiger partial charge in [0, 0.05) is 71.3 Å². The lowest BCUT2D eigenvalue weighted by molar-refractivity contribution is 0.0653. The van der Waals surface area contributed by atoms with Gasteiger partial charge in [0.2, 0.25) is 11.9 Å². The minimum Gasteiger partial charge on any atom is -0.369 e. The van der Waals surface area contributed by atoms with Gasteiger partial charge in [-0.1, -0.05) is 61.8 Å². The Bertz CT molecular complexity index is 2310. The van der Waals surface area contributed by atoms with Crippen LogP contribution in [0.3, 0.4) is 0 Å². The van der Waals surface area contributed by atoms with Gasteiger partial charge in [0.15, 0.2) is 0 Å². The zero-order valence-electron chi connectivity index (χ0n) is 35.2. The molecule has 0 spiro atoms. The van der Waals surface area contributed by atoms with Gasteiger partial charge in [-0.3, -0.25) is 19.2 Å². The van der Waals surface area contributed by atoms with Gasteiger partial charge < -0.3 is 27.0 Å². The van der Waals surface area contributed by atoms with E-state index in [1.54, 1.807) is 60.9 Å². The zero-order valence-corrected chi connectivity index (χ0v) is 35.2. The van der Waals surface area contributed by atoms with Crippen molar-refractivity contribution in [3.63, 3.8) is 0 Å². The first-order valence-electron chi connectivity index (χ1n) is 19.6. The summed E-state index contributed by atoms with van der Waals surface area (Å²) in [6.07, 6.45) is 7.84. The Morgan fingerprint density at radius 1 is 0.631 bits per heavy atom. The normalized spacial score (nSPS) is 10.4. The van der Waals surface area contributed by atoms with Gasteiger partial charge in [-0.15, -0.1) is 0 Å². The van der Waals surface area contributed by atoms with Crippen LogP contribution in [0.5, 0.6) is 0 Å². The molecule has 0 unspecified atom stereocenters. The van der Waals surface area contributed by atoms with Gasteiger partial charge in [-0.05, 0) is 80.8 Å². The first-order chi connectivity index (χ1) is 31.3. The fourth-order valence-electron chi connectivity index (χ4n) is 5.49. The quantitative estimate of drug-likeness (QED) is 0.0294. The van der Waals surface area contributed by atoms with E-state index in [2.05, 4.69) is 71.8 Å². The average Bonchev–Trinajstić information content (AvgIpc) is 3.56. The van der Waals surface area contributed by atoms with Crippen LogP contribution in [0.25, 0.3) is 0 Å². The number of imide groups is 1. The van der Waals surface area contributed by atoms with Crippen LogP contribution in [0.4, 0.5) is 75.8 Å². The van der Waals surface area contributed by atoms with Crippen molar-refractivity contribution in [1.29, 1.82) is 0 Å². The van der Waals surface area contributed by atoms with Gasteiger partial charge in [0.05, 0.1) is 34.6 Å². The van der Waals surface area contributed by atoms with E-state index in [4.69, 9.17) is 33.2 Å². The van der Waals surface area contributed by atoms with E-state index in [-0.39, 0.29) is 28.2 Å². The third-order valence-corrected chi connectivity index (χ3v) is 8.34. The molecule has 65 heavy (non-hydrogen) atoms. The van der Waals surface area contributed by atoms with Crippen molar-refractivity contribution in [2.24, 2.45) is 5.73 Å². The first kappa shape index (κ1) is 55.6. The topological polar surface area (TPSA) is 163 Å². The van der Waals surface area contributed by atoms with Gasteiger partial charge in [-0.25, -0.2) is 18.7 Å². The first-order valence-corrected chi connectivity index (χ1v) is 19.6. The third kappa shape index (κ3) is 18.5. The monoisotopic (exact) mass is 918 g/mol. The molecule has 2 amide bonds. The second-order valence-electron chi connectivity index (χ2n) is 12.9. The van der Waals surface area contributed by atoms with Crippen molar-refractivity contribution in [2.75, 3.05) is 47.4 Å². The third-order valence-electron chi connectivity index (χ3n) is 8.34. The second kappa shape index (κ2) is 32.3. The standard InChI is InChI=1S/C26H24FN5O2.C18H22FN5.3F2.FH/c1-2-14-28-23-18(17-29-26(31-23)30-20-11-8-10-19(27)16-20)9-4-3-7-15-32-24(33)21-12-5-6-13-22(21)25(32)34;1-2-11-21-17-14(7-4-3-5-10-20)13-22-18(24-17)23-16-9-6-8-15(19)12-16;3*1-2;/h5-6,8,10-13,16-17H,2-3,7,14-15H2,1H3,(H2,28,29,30,31);6,8-9,12-13H,2-3,5,10-11,20H2,1H3,(H2,21,22,23,24);;;;1H. The number of aromatic nitrogens is 4. The number of fused-ring (bicyclic) bond motifs is 1. The van der Waals surface area contributed by atoms with E-state index >= 15 is 0 Å². The number of carbonyl (C=O) groups excluding carboxylic acids is 2. The summed E-state index contributed by atoms with van der Waals surface area (Å²) in [7, 11) is 0. The lowest BCUT2D eigenvalue weighted by Gasteiger charge is -2.12.